The van der Waals surface area contributed by atoms with Crippen LogP contribution in [0.25, 0.3) is 11.0 Å². The molecule has 2 nitrogen and oxygen atoms in total. The Balaban J connectivity index is 2.26. The number of benzene rings is 1. The van der Waals surface area contributed by atoms with E-state index in [4.69, 9.17) is 4.42 Å². The fraction of sp³-hybridized carbons (Fsp3) is 0.500. The van der Waals surface area contributed by atoms with Crippen LogP contribution in [0.2, 0.25) is 0 Å². The Kier molecular flexibility index (Phi) is 4.07. The van der Waals surface area contributed by atoms with Gasteiger partial charge in [0.25, 0.3) is 0 Å². The van der Waals surface area contributed by atoms with Gasteiger partial charge in [-0.05, 0) is 36.9 Å². The van der Waals surface area contributed by atoms with Crippen molar-refractivity contribution in [3.63, 3.8) is 0 Å². The van der Waals surface area contributed by atoms with Crippen LogP contribution in [-0.2, 0) is 13.0 Å². The predicted molar refractivity (Wildman–Crippen MR) is 76.9 cm³/mol. The molecule has 18 heavy (non-hydrogen) atoms. The minimum absolute atomic E-state index is 0.667. The number of aryl methyl sites for hydroxylation is 2. The van der Waals surface area contributed by atoms with Crippen molar-refractivity contribution in [2.24, 2.45) is 5.92 Å². The molecule has 2 aromatic rings. The summed E-state index contributed by atoms with van der Waals surface area (Å²) in [6.07, 6.45) is 1.02. The van der Waals surface area contributed by atoms with Gasteiger partial charge >= 0.3 is 0 Å². The zero-order chi connectivity index (χ0) is 13.1. The number of fused-ring (bicyclic) bond motifs is 1. The van der Waals surface area contributed by atoms with Gasteiger partial charge < -0.3 is 9.73 Å². The van der Waals surface area contributed by atoms with Crippen LogP contribution in [0.15, 0.2) is 22.6 Å². The van der Waals surface area contributed by atoms with Crippen molar-refractivity contribution in [1.82, 2.24) is 5.32 Å². The van der Waals surface area contributed by atoms with E-state index in [0.717, 1.165) is 30.9 Å². The minimum atomic E-state index is 0.667. The molecule has 0 fully saturated rings. The highest BCUT2D eigenvalue weighted by Gasteiger charge is 2.12. The number of furan rings is 1. The van der Waals surface area contributed by atoms with E-state index in [1.54, 1.807) is 0 Å². The van der Waals surface area contributed by atoms with E-state index < -0.39 is 0 Å². The SMILES string of the molecule is CCc1cccc2c(C)c(CNCC(C)C)oc12. The Morgan fingerprint density at radius 2 is 2.06 bits per heavy atom. The predicted octanol–water partition coefficient (Wildman–Crippen LogP) is 4.05. The van der Waals surface area contributed by atoms with E-state index in [2.05, 4.69) is 51.2 Å². The molecular weight excluding hydrogens is 222 g/mol. The Morgan fingerprint density at radius 1 is 1.28 bits per heavy atom. The highest BCUT2D eigenvalue weighted by Crippen LogP contribution is 2.28. The maximum Gasteiger partial charge on any atom is 0.137 e. The maximum absolute atomic E-state index is 6.04. The lowest BCUT2D eigenvalue weighted by molar-refractivity contribution is 0.481. The molecule has 0 unspecified atom stereocenters. The molecule has 98 valence electrons. The molecule has 0 atom stereocenters. The second-order valence-corrected chi connectivity index (χ2v) is 5.32. The monoisotopic (exact) mass is 245 g/mol. The highest BCUT2D eigenvalue weighted by atomic mass is 16.3. The molecule has 0 aliphatic carbocycles. The van der Waals surface area contributed by atoms with Crippen molar-refractivity contribution in [3.05, 3.63) is 35.1 Å². The topological polar surface area (TPSA) is 25.2 Å². The number of hydrogen-bond acceptors (Lipinski definition) is 2. The molecule has 1 heterocycles. The summed E-state index contributed by atoms with van der Waals surface area (Å²) in [6.45, 7) is 10.6. The normalized spacial score (nSPS) is 11.6. The van der Waals surface area contributed by atoms with Crippen LogP contribution in [0.5, 0.6) is 0 Å². The summed E-state index contributed by atoms with van der Waals surface area (Å²) in [5.41, 5.74) is 3.64. The van der Waals surface area contributed by atoms with Crippen molar-refractivity contribution < 1.29 is 4.42 Å². The third-order valence-corrected chi connectivity index (χ3v) is 3.36. The van der Waals surface area contributed by atoms with Gasteiger partial charge in [0.15, 0.2) is 0 Å². The van der Waals surface area contributed by atoms with Crippen molar-refractivity contribution in [2.45, 2.75) is 40.7 Å². The van der Waals surface area contributed by atoms with Crippen LogP contribution in [0.3, 0.4) is 0 Å². The van der Waals surface area contributed by atoms with Crippen LogP contribution in [-0.4, -0.2) is 6.54 Å². The van der Waals surface area contributed by atoms with Gasteiger partial charge in [0.2, 0.25) is 0 Å². The smallest absolute Gasteiger partial charge is 0.137 e. The molecule has 1 aromatic heterocycles. The van der Waals surface area contributed by atoms with E-state index in [1.807, 2.05) is 0 Å². The average Bonchev–Trinajstić information content (AvgIpc) is 2.66. The van der Waals surface area contributed by atoms with Crippen molar-refractivity contribution in [1.29, 1.82) is 0 Å². The molecule has 1 aromatic carbocycles. The molecule has 0 radical (unpaired) electrons. The molecule has 0 bridgehead atoms. The van der Waals surface area contributed by atoms with E-state index >= 15 is 0 Å². The van der Waals surface area contributed by atoms with Crippen LogP contribution in [0.4, 0.5) is 0 Å². The first-order valence-electron chi connectivity index (χ1n) is 6.84. The van der Waals surface area contributed by atoms with E-state index in [0.29, 0.717) is 5.92 Å². The number of nitrogens with one attached hydrogen (secondary N) is 1. The second kappa shape index (κ2) is 5.57. The summed E-state index contributed by atoms with van der Waals surface area (Å²) in [5.74, 6) is 1.74. The molecule has 0 aliphatic rings. The van der Waals surface area contributed by atoms with Gasteiger partial charge in [-0.3, -0.25) is 0 Å². The zero-order valence-electron chi connectivity index (χ0n) is 11.8. The molecule has 0 saturated carbocycles. The average molecular weight is 245 g/mol. The first-order chi connectivity index (χ1) is 8.63. The van der Waals surface area contributed by atoms with Crippen LogP contribution >= 0.6 is 0 Å². The lowest BCUT2D eigenvalue weighted by atomic mass is 10.1. The minimum Gasteiger partial charge on any atom is -0.459 e. The van der Waals surface area contributed by atoms with Crippen LogP contribution in [0, 0.1) is 12.8 Å². The Labute approximate surface area is 109 Å². The van der Waals surface area contributed by atoms with Crippen LogP contribution < -0.4 is 5.32 Å². The number of hydrogen-bond donors (Lipinski definition) is 1. The summed E-state index contributed by atoms with van der Waals surface area (Å²) in [7, 11) is 0. The first-order valence-corrected chi connectivity index (χ1v) is 6.84. The zero-order valence-corrected chi connectivity index (χ0v) is 11.8. The van der Waals surface area contributed by atoms with Gasteiger partial charge in [-0.1, -0.05) is 39.0 Å². The summed E-state index contributed by atoms with van der Waals surface area (Å²) in [6, 6.07) is 6.42. The van der Waals surface area contributed by atoms with Gasteiger partial charge in [0.05, 0.1) is 6.54 Å². The molecule has 0 spiro atoms. The summed E-state index contributed by atoms with van der Waals surface area (Å²) in [5, 5.41) is 4.71. The maximum atomic E-state index is 6.04. The molecule has 0 amide bonds. The fourth-order valence-corrected chi connectivity index (χ4v) is 2.27. The molecule has 2 heteroatoms. The third kappa shape index (κ3) is 2.59. The molecule has 1 N–H and O–H groups in total. The summed E-state index contributed by atoms with van der Waals surface area (Å²) < 4.78 is 6.04. The number of rotatable bonds is 5. The standard InChI is InChI=1S/C16H23NO/c1-5-13-7-6-8-14-12(4)15(18-16(13)14)10-17-9-11(2)3/h6-8,11,17H,5,9-10H2,1-4H3. The quantitative estimate of drug-likeness (QED) is 0.859. The van der Waals surface area contributed by atoms with Gasteiger partial charge in [0, 0.05) is 5.39 Å². The van der Waals surface area contributed by atoms with E-state index in [9.17, 15) is 0 Å². The fourth-order valence-electron chi connectivity index (χ4n) is 2.27. The highest BCUT2D eigenvalue weighted by molar-refractivity contribution is 5.84. The molecule has 2 rings (SSSR count). The molecular formula is C16H23NO. The van der Waals surface area contributed by atoms with Gasteiger partial charge in [-0.2, -0.15) is 0 Å². The van der Waals surface area contributed by atoms with Gasteiger partial charge in [0.1, 0.15) is 11.3 Å². The van der Waals surface area contributed by atoms with E-state index in [1.165, 1.54) is 16.5 Å². The molecule has 0 aliphatic heterocycles. The Hall–Kier alpha value is -1.28. The lowest BCUT2D eigenvalue weighted by Gasteiger charge is -2.05. The third-order valence-electron chi connectivity index (χ3n) is 3.36. The lowest BCUT2D eigenvalue weighted by Crippen LogP contribution is -2.18. The van der Waals surface area contributed by atoms with Crippen LogP contribution in [0.1, 0.15) is 37.7 Å². The van der Waals surface area contributed by atoms with Gasteiger partial charge in [-0.25, -0.2) is 0 Å². The Bertz CT molecular complexity index is 525. The van der Waals surface area contributed by atoms with Crippen molar-refractivity contribution in [3.8, 4) is 0 Å². The second-order valence-electron chi connectivity index (χ2n) is 5.32. The van der Waals surface area contributed by atoms with Crippen molar-refractivity contribution in [2.75, 3.05) is 6.54 Å². The van der Waals surface area contributed by atoms with E-state index in [-0.39, 0.29) is 0 Å². The number of para-hydroxylation sites is 1. The summed E-state index contributed by atoms with van der Waals surface area (Å²) >= 11 is 0. The molecule has 0 saturated heterocycles. The van der Waals surface area contributed by atoms with Crippen molar-refractivity contribution >= 4 is 11.0 Å². The Morgan fingerprint density at radius 3 is 2.72 bits per heavy atom. The largest absolute Gasteiger partial charge is 0.459 e. The van der Waals surface area contributed by atoms with Gasteiger partial charge in [-0.15, -0.1) is 0 Å². The first kappa shape index (κ1) is 13.2. The summed E-state index contributed by atoms with van der Waals surface area (Å²) in [4.78, 5) is 0.